The quantitative estimate of drug-likeness (QED) is 0.285. The zero-order valence-corrected chi connectivity index (χ0v) is 20.2. The van der Waals surface area contributed by atoms with Crippen LogP contribution in [0.2, 0.25) is 0 Å². The van der Waals surface area contributed by atoms with E-state index in [0.29, 0.717) is 22.5 Å². The molecule has 0 atom stereocenters. The van der Waals surface area contributed by atoms with Gasteiger partial charge in [-0.05, 0) is 72.8 Å². The van der Waals surface area contributed by atoms with Gasteiger partial charge in [0, 0.05) is 11.1 Å². The molecule has 0 N–H and O–H groups in total. The van der Waals surface area contributed by atoms with Crippen LogP contribution in [0.5, 0.6) is 11.5 Å². The maximum absolute atomic E-state index is 13.2. The van der Waals surface area contributed by atoms with E-state index >= 15 is 0 Å². The van der Waals surface area contributed by atoms with E-state index in [1.807, 2.05) is 0 Å². The topological polar surface area (TPSA) is 84.0 Å². The molecule has 6 rings (SSSR count). The molecule has 0 radical (unpaired) electrons. The van der Waals surface area contributed by atoms with E-state index in [9.17, 15) is 19.2 Å². The smallest absolute Gasteiger partial charge is 0.266 e. The molecule has 7 nitrogen and oxygen atoms in total. The molecule has 0 bridgehead atoms. The number of carbonyl (C=O) groups excluding carboxylic acids is 4. The van der Waals surface area contributed by atoms with E-state index in [1.54, 1.807) is 60.7 Å². The van der Waals surface area contributed by atoms with Crippen molar-refractivity contribution in [3.8, 4) is 36.2 Å². The first-order valence-corrected chi connectivity index (χ1v) is 11.8. The summed E-state index contributed by atoms with van der Waals surface area (Å²) in [5.41, 5.74) is 2.65. The summed E-state index contributed by atoms with van der Waals surface area (Å²) >= 11 is 0. The standard InChI is InChI=1S/C32H16N2O5/c1-3-19-7-5-9-21(15-19)33-29(35)25-13-11-23(17-27(25)31(33)37)39-24-12-14-26-28(18-24)32(38)34(30(26)36)22-10-6-8-20(4-2)16-22/h1-2,5-18H. The van der Waals surface area contributed by atoms with Gasteiger partial charge in [-0.1, -0.05) is 24.0 Å². The van der Waals surface area contributed by atoms with E-state index in [2.05, 4.69) is 11.8 Å². The number of ether oxygens (including phenoxy) is 1. The number of carbonyl (C=O) groups is 4. The number of anilines is 2. The van der Waals surface area contributed by atoms with E-state index in [-0.39, 0.29) is 33.8 Å². The number of nitrogens with zero attached hydrogens (tertiary/aromatic N) is 2. The van der Waals surface area contributed by atoms with Gasteiger partial charge in [-0.25, -0.2) is 9.80 Å². The third-order valence-corrected chi connectivity index (χ3v) is 6.49. The molecule has 0 saturated carbocycles. The van der Waals surface area contributed by atoms with E-state index in [4.69, 9.17) is 17.6 Å². The Morgan fingerprint density at radius 1 is 0.513 bits per heavy atom. The molecular formula is C32H16N2O5. The van der Waals surface area contributed by atoms with Crippen molar-refractivity contribution >= 4 is 35.0 Å². The highest BCUT2D eigenvalue weighted by Crippen LogP contribution is 2.35. The number of rotatable bonds is 4. The highest BCUT2D eigenvalue weighted by atomic mass is 16.5. The van der Waals surface area contributed by atoms with Crippen LogP contribution in [0.1, 0.15) is 52.6 Å². The summed E-state index contributed by atoms with van der Waals surface area (Å²) in [6, 6.07) is 22.3. The fourth-order valence-corrected chi connectivity index (χ4v) is 4.64. The average molecular weight is 508 g/mol. The van der Waals surface area contributed by atoms with Crippen molar-refractivity contribution in [3.63, 3.8) is 0 Å². The van der Waals surface area contributed by atoms with Gasteiger partial charge in [0.25, 0.3) is 23.6 Å². The number of amides is 4. The zero-order chi connectivity index (χ0) is 27.3. The van der Waals surface area contributed by atoms with E-state index in [1.165, 1.54) is 24.3 Å². The maximum atomic E-state index is 13.2. The maximum Gasteiger partial charge on any atom is 0.266 e. The molecule has 0 aromatic heterocycles. The van der Waals surface area contributed by atoms with Gasteiger partial charge in [0.15, 0.2) is 0 Å². The Bertz CT molecular complexity index is 1720. The second-order valence-electron chi connectivity index (χ2n) is 8.80. The van der Waals surface area contributed by atoms with Crippen LogP contribution in [0.15, 0.2) is 84.9 Å². The molecule has 7 heteroatoms. The summed E-state index contributed by atoms with van der Waals surface area (Å²) in [7, 11) is 0. The summed E-state index contributed by atoms with van der Waals surface area (Å²) in [5.74, 6) is 3.61. The predicted molar refractivity (Wildman–Crippen MR) is 144 cm³/mol. The van der Waals surface area contributed by atoms with Crippen LogP contribution in [0.3, 0.4) is 0 Å². The number of terminal acetylenes is 2. The van der Waals surface area contributed by atoms with Gasteiger partial charge < -0.3 is 4.74 Å². The van der Waals surface area contributed by atoms with Crippen molar-refractivity contribution in [3.05, 3.63) is 118 Å². The van der Waals surface area contributed by atoms with Crippen molar-refractivity contribution in [1.82, 2.24) is 0 Å². The van der Waals surface area contributed by atoms with Crippen molar-refractivity contribution in [2.75, 3.05) is 9.80 Å². The first-order chi connectivity index (χ1) is 18.9. The molecule has 0 unspecified atom stereocenters. The van der Waals surface area contributed by atoms with Gasteiger partial charge in [-0.3, -0.25) is 19.2 Å². The Balaban J connectivity index is 1.28. The number of benzene rings is 4. The Labute approximate surface area is 223 Å². The van der Waals surface area contributed by atoms with Crippen LogP contribution in [-0.2, 0) is 0 Å². The van der Waals surface area contributed by atoms with Crippen molar-refractivity contribution in [1.29, 1.82) is 0 Å². The fourth-order valence-electron chi connectivity index (χ4n) is 4.64. The highest BCUT2D eigenvalue weighted by Gasteiger charge is 2.38. The lowest BCUT2D eigenvalue weighted by molar-refractivity contribution is 0.0910. The third-order valence-electron chi connectivity index (χ3n) is 6.49. The minimum absolute atomic E-state index is 0.176. The number of hydrogen-bond acceptors (Lipinski definition) is 5. The van der Waals surface area contributed by atoms with Crippen LogP contribution in [0.4, 0.5) is 11.4 Å². The molecule has 4 aromatic carbocycles. The molecule has 0 aliphatic carbocycles. The predicted octanol–water partition coefficient (Wildman–Crippen LogP) is 5.04. The second-order valence-corrected chi connectivity index (χ2v) is 8.80. The lowest BCUT2D eigenvalue weighted by Gasteiger charge is -2.14. The van der Waals surface area contributed by atoms with Crippen molar-refractivity contribution < 1.29 is 23.9 Å². The first-order valence-electron chi connectivity index (χ1n) is 11.8. The van der Waals surface area contributed by atoms with Crippen LogP contribution >= 0.6 is 0 Å². The molecule has 0 saturated heterocycles. The molecule has 2 aliphatic rings. The molecule has 2 heterocycles. The summed E-state index contributed by atoms with van der Waals surface area (Å²) < 4.78 is 5.93. The Kier molecular flexibility index (Phi) is 5.34. The van der Waals surface area contributed by atoms with Gasteiger partial charge in [-0.15, -0.1) is 12.8 Å². The third kappa shape index (κ3) is 3.74. The van der Waals surface area contributed by atoms with Crippen molar-refractivity contribution in [2.45, 2.75) is 0 Å². The fraction of sp³-hybridized carbons (Fsp3) is 0. The second kappa shape index (κ2) is 8.88. The Hall–Kier alpha value is -5.92. The minimum Gasteiger partial charge on any atom is -0.457 e. The summed E-state index contributed by atoms with van der Waals surface area (Å²) in [4.78, 5) is 54.4. The molecule has 0 spiro atoms. The molecular weight excluding hydrogens is 492 g/mol. The Morgan fingerprint density at radius 3 is 1.33 bits per heavy atom. The lowest BCUT2D eigenvalue weighted by atomic mass is 10.1. The summed E-state index contributed by atoms with van der Waals surface area (Å²) in [6.07, 6.45) is 10.9. The zero-order valence-electron chi connectivity index (χ0n) is 20.2. The molecule has 39 heavy (non-hydrogen) atoms. The normalized spacial score (nSPS) is 13.7. The largest absolute Gasteiger partial charge is 0.457 e. The number of imide groups is 2. The first kappa shape index (κ1) is 23.5. The molecule has 4 amide bonds. The average Bonchev–Trinajstić information content (AvgIpc) is 3.36. The molecule has 2 aliphatic heterocycles. The van der Waals surface area contributed by atoms with Gasteiger partial charge in [0.1, 0.15) is 11.5 Å². The molecule has 184 valence electrons. The van der Waals surface area contributed by atoms with Gasteiger partial charge in [-0.2, -0.15) is 0 Å². The van der Waals surface area contributed by atoms with Gasteiger partial charge in [0.05, 0.1) is 33.6 Å². The van der Waals surface area contributed by atoms with E-state index in [0.717, 1.165) is 9.80 Å². The molecule has 4 aromatic rings. The summed E-state index contributed by atoms with van der Waals surface area (Å²) in [6.45, 7) is 0. The highest BCUT2D eigenvalue weighted by molar-refractivity contribution is 6.35. The monoisotopic (exact) mass is 508 g/mol. The lowest BCUT2D eigenvalue weighted by Crippen LogP contribution is -2.29. The van der Waals surface area contributed by atoms with Crippen LogP contribution in [0, 0.1) is 24.7 Å². The van der Waals surface area contributed by atoms with Crippen LogP contribution in [0.25, 0.3) is 0 Å². The van der Waals surface area contributed by atoms with Gasteiger partial charge >= 0.3 is 0 Å². The number of fused-ring (bicyclic) bond motifs is 2. The van der Waals surface area contributed by atoms with Crippen LogP contribution in [-0.4, -0.2) is 23.6 Å². The van der Waals surface area contributed by atoms with E-state index < -0.39 is 23.6 Å². The SMILES string of the molecule is C#Cc1cccc(N2C(=O)c3ccc(Oc4ccc5c(c4)C(=O)N(c4cccc(C#C)c4)C5=O)cc3C2=O)c1. The molecule has 0 fully saturated rings. The Morgan fingerprint density at radius 2 is 0.923 bits per heavy atom. The van der Waals surface area contributed by atoms with Crippen LogP contribution < -0.4 is 14.5 Å². The summed E-state index contributed by atoms with van der Waals surface area (Å²) in [5, 5.41) is 0. The van der Waals surface area contributed by atoms with Crippen molar-refractivity contribution in [2.24, 2.45) is 0 Å². The number of hydrogen-bond donors (Lipinski definition) is 0. The van der Waals surface area contributed by atoms with Gasteiger partial charge in [0.2, 0.25) is 0 Å². The minimum atomic E-state index is -0.505.